The minimum Gasteiger partial charge on any atom is -0.444 e. The third kappa shape index (κ3) is 4.73. The fraction of sp³-hybridized carbons (Fsp3) is 0.905. The van der Waals surface area contributed by atoms with Crippen LogP contribution in [0.1, 0.15) is 66.2 Å². The number of hydrogen-bond acceptors (Lipinski definition) is 4. The Bertz CT molecular complexity index is 566. The molecule has 3 N–H and O–H groups in total. The number of hydrogen-bond donors (Lipinski definition) is 3. The van der Waals surface area contributed by atoms with E-state index in [0.717, 1.165) is 32.0 Å². The number of ether oxygens (including phenoxy) is 2. The molecule has 1 heterocycles. The van der Waals surface area contributed by atoms with Crippen molar-refractivity contribution in [2.24, 2.45) is 16.3 Å². The molecule has 0 radical (unpaired) electrons. The lowest BCUT2D eigenvalue weighted by Gasteiger charge is -2.57. The number of alkyl carbamates (subject to hydrolysis) is 1. The molecule has 7 nitrogen and oxygen atoms in total. The summed E-state index contributed by atoms with van der Waals surface area (Å²) in [5.74, 6) is 1.51. The number of carbonyl (C=O) groups is 1. The summed E-state index contributed by atoms with van der Waals surface area (Å²) in [5, 5.41) is 9.91. The fourth-order valence-electron chi connectivity index (χ4n) is 5.15. The van der Waals surface area contributed by atoms with Crippen LogP contribution in [0.2, 0.25) is 0 Å². The molecular weight excluding hydrogens is 356 g/mol. The minimum absolute atomic E-state index is 0.315. The van der Waals surface area contributed by atoms with Gasteiger partial charge in [-0.25, -0.2) is 4.79 Å². The summed E-state index contributed by atoms with van der Waals surface area (Å²) in [4.78, 5) is 16.4. The van der Waals surface area contributed by atoms with Crippen LogP contribution >= 0.6 is 0 Å². The Kier molecular flexibility index (Phi) is 6.73. The van der Waals surface area contributed by atoms with Gasteiger partial charge in [-0.05, 0) is 53.4 Å². The first-order chi connectivity index (χ1) is 13.4. The first-order valence-electron chi connectivity index (χ1n) is 11.0. The van der Waals surface area contributed by atoms with E-state index in [2.05, 4.69) is 22.9 Å². The van der Waals surface area contributed by atoms with Crippen molar-refractivity contribution in [3.63, 3.8) is 0 Å². The predicted molar refractivity (Wildman–Crippen MR) is 111 cm³/mol. The molecule has 28 heavy (non-hydrogen) atoms. The number of guanidine groups is 1. The Morgan fingerprint density at radius 2 is 2.00 bits per heavy atom. The first-order valence-corrected chi connectivity index (χ1v) is 11.0. The summed E-state index contributed by atoms with van der Waals surface area (Å²) < 4.78 is 11.3. The minimum atomic E-state index is -0.467. The molecule has 1 amide bonds. The van der Waals surface area contributed by atoms with Crippen LogP contribution in [0.25, 0.3) is 0 Å². The molecule has 3 atom stereocenters. The average molecular weight is 395 g/mol. The molecule has 1 aliphatic heterocycles. The van der Waals surface area contributed by atoms with Gasteiger partial charge < -0.3 is 25.4 Å². The van der Waals surface area contributed by atoms with Crippen LogP contribution in [0.5, 0.6) is 0 Å². The van der Waals surface area contributed by atoms with E-state index in [1.165, 1.54) is 25.7 Å². The number of amides is 1. The molecule has 2 saturated carbocycles. The summed E-state index contributed by atoms with van der Waals surface area (Å²) in [6.07, 6.45) is 7.18. The fourth-order valence-corrected chi connectivity index (χ4v) is 5.15. The van der Waals surface area contributed by atoms with Gasteiger partial charge in [-0.3, -0.25) is 4.99 Å². The summed E-state index contributed by atoms with van der Waals surface area (Å²) >= 11 is 0. The molecule has 7 heteroatoms. The van der Waals surface area contributed by atoms with Gasteiger partial charge in [0, 0.05) is 43.6 Å². The van der Waals surface area contributed by atoms with E-state index in [4.69, 9.17) is 14.5 Å². The lowest BCUT2D eigenvalue weighted by Crippen LogP contribution is -2.69. The van der Waals surface area contributed by atoms with Gasteiger partial charge in [0.05, 0.1) is 6.10 Å². The second-order valence-corrected chi connectivity index (χ2v) is 9.35. The lowest BCUT2D eigenvalue weighted by atomic mass is 9.54. The van der Waals surface area contributed by atoms with Crippen LogP contribution in [0.15, 0.2) is 4.99 Å². The second kappa shape index (κ2) is 8.89. The van der Waals surface area contributed by atoms with Gasteiger partial charge in [0.15, 0.2) is 5.96 Å². The monoisotopic (exact) mass is 394 g/mol. The predicted octanol–water partition coefficient (Wildman–Crippen LogP) is 2.80. The highest BCUT2D eigenvalue weighted by molar-refractivity contribution is 5.80. The SMILES string of the molecule is CCNC(=NCCCNC(=O)OC(C)(C)C)NC1C2CCOC2C12CCCC2. The van der Waals surface area contributed by atoms with E-state index >= 15 is 0 Å². The Morgan fingerprint density at radius 3 is 2.68 bits per heavy atom. The molecular formula is C21H38N4O3. The second-order valence-electron chi connectivity index (χ2n) is 9.35. The number of carbonyl (C=O) groups excluding carboxylic acids is 1. The Labute approximate surface area is 169 Å². The third-order valence-electron chi connectivity index (χ3n) is 6.20. The number of rotatable bonds is 6. The van der Waals surface area contributed by atoms with Crippen LogP contribution in [-0.2, 0) is 9.47 Å². The van der Waals surface area contributed by atoms with Crippen LogP contribution in [0.4, 0.5) is 4.79 Å². The zero-order valence-corrected chi connectivity index (χ0v) is 18.0. The van der Waals surface area contributed by atoms with Gasteiger partial charge in [-0.15, -0.1) is 0 Å². The molecule has 3 fully saturated rings. The number of nitrogens with zero attached hydrogens (tertiary/aromatic N) is 1. The molecule has 3 aliphatic rings. The van der Waals surface area contributed by atoms with E-state index in [1.807, 2.05) is 20.8 Å². The Balaban J connectivity index is 1.47. The van der Waals surface area contributed by atoms with Crippen molar-refractivity contribution in [3.8, 4) is 0 Å². The van der Waals surface area contributed by atoms with Crippen LogP contribution in [0, 0.1) is 11.3 Å². The lowest BCUT2D eigenvalue weighted by molar-refractivity contribution is -0.125. The van der Waals surface area contributed by atoms with Crippen LogP contribution in [0.3, 0.4) is 0 Å². The van der Waals surface area contributed by atoms with E-state index in [9.17, 15) is 4.79 Å². The van der Waals surface area contributed by atoms with Gasteiger partial charge in [0.1, 0.15) is 5.60 Å². The first kappa shape index (κ1) is 21.2. The van der Waals surface area contributed by atoms with Crippen LogP contribution in [-0.4, -0.2) is 56.0 Å². The molecule has 1 saturated heterocycles. The normalized spacial score (nSPS) is 28.6. The van der Waals surface area contributed by atoms with Gasteiger partial charge in [0.25, 0.3) is 0 Å². The highest BCUT2D eigenvalue weighted by atomic mass is 16.6. The summed E-state index contributed by atoms with van der Waals surface area (Å²) in [6, 6.07) is 0.472. The number of aliphatic imine (C=N–C) groups is 1. The molecule has 0 bridgehead atoms. The Morgan fingerprint density at radius 1 is 1.25 bits per heavy atom. The van der Waals surface area contributed by atoms with E-state index < -0.39 is 5.60 Å². The van der Waals surface area contributed by atoms with Gasteiger partial charge >= 0.3 is 6.09 Å². The quantitative estimate of drug-likeness (QED) is 0.366. The van der Waals surface area contributed by atoms with E-state index in [-0.39, 0.29) is 6.09 Å². The van der Waals surface area contributed by atoms with Crippen molar-refractivity contribution in [1.82, 2.24) is 16.0 Å². The van der Waals surface area contributed by atoms with Crippen molar-refractivity contribution in [2.45, 2.75) is 84.0 Å². The zero-order chi connectivity index (χ0) is 20.2. The van der Waals surface area contributed by atoms with Crippen molar-refractivity contribution in [3.05, 3.63) is 0 Å². The maximum atomic E-state index is 11.7. The highest BCUT2D eigenvalue weighted by Gasteiger charge is 2.65. The number of fused-ring (bicyclic) bond motifs is 2. The maximum Gasteiger partial charge on any atom is 0.407 e. The molecule has 160 valence electrons. The largest absolute Gasteiger partial charge is 0.444 e. The summed E-state index contributed by atoms with van der Waals surface area (Å²) in [7, 11) is 0. The molecule has 0 aromatic heterocycles. The van der Waals surface area contributed by atoms with Crippen molar-refractivity contribution in [1.29, 1.82) is 0 Å². The maximum absolute atomic E-state index is 11.7. The van der Waals surface area contributed by atoms with Gasteiger partial charge in [-0.1, -0.05) is 12.8 Å². The molecule has 0 aromatic carbocycles. The zero-order valence-electron chi connectivity index (χ0n) is 18.0. The van der Waals surface area contributed by atoms with Crippen LogP contribution < -0.4 is 16.0 Å². The van der Waals surface area contributed by atoms with Crippen molar-refractivity contribution in [2.75, 3.05) is 26.2 Å². The number of nitrogens with one attached hydrogen (secondary N) is 3. The molecule has 0 aromatic rings. The molecule has 3 rings (SSSR count). The highest BCUT2D eigenvalue weighted by Crippen LogP contribution is 2.60. The van der Waals surface area contributed by atoms with Crippen molar-refractivity contribution < 1.29 is 14.3 Å². The molecule has 2 aliphatic carbocycles. The third-order valence-corrected chi connectivity index (χ3v) is 6.20. The topological polar surface area (TPSA) is 84.0 Å². The molecule has 1 spiro atoms. The summed E-state index contributed by atoms with van der Waals surface area (Å²) in [5.41, 5.74) is -0.152. The standard InChI is InChI=1S/C21H38N4O3/c1-5-22-18(23-12-8-13-24-19(26)28-20(2,3)4)25-16-15-9-14-27-17(15)21(16)10-6-7-11-21/h15-17H,5-14H2,1-4H3,(H,24,26)(H2,22,23,25). The average Bonchev–Trinajstić information content (AvgIpc) is 3.26. The van der Waals surface area contributed by atoms with Gasteiger partial charge in [0.2, 0.25) is 0 Å². The van der Waals surface area contributed by atoms with Gasteiger partial charge in [-0.2, -0.15) is 0 Å². The van der Waals surface area contributed by atoms with E-state index in [1.54, 1.807) is 0 Å². The summed E-state index contributed by atoms with van der Waals surface area (Å²) in [6.45, 7) is 10.6. The Hall–Kier alpha value is -1.50. The molecule has 3 unspecified atom stereocenters. The smallest absolute Gasteiger partial charge is 0.407 e. The van der Waals surface area contributed by atoms with Crippen molar-refractivity contribution >= 4 is 12.1 Å². The van der Waals surface area contributed by atoms with E-state index in [0.29, 0.717) is 36.6 Å².